The van der Waals surface area contributed by atoms with Gasteiger partial charge in [-0.25, -0.2) is 4.79 Å². The first-order valence-electron chi connectivity index (χ1n) is 11.3. The van der Waals surface area contributed by atoms with Gasteiger partial charge in [-0.3, -0.25) is 9.59 Å². The van der Waals surface area contributed by atoms with E-state index in [0.717, 1.165) is 23.3 Å². The van der Waals surface area contributed by atoms with Crippen LogP contribution in [0.15, 0.2) is 77.7 Å². The summed E-state index contributed by atoms with van der Waals surface area (Å²) < 4.78 is 5.18. The smallest absolute Gasteiger partial charge is 0.338 e. The van der Waals surface area contributed by atoms with E-state index in [1.54, 1.807) is 42.5 Å². The van der Waals surface area contributed by atoms with E-state index in [4.69, 9.17) is 16.3 Å². The Hall–Kier alpha value is -3.29. The number of ether oxygens (including phenoxy) is 1. The highest BCUT2D eigenvalue weighted by molar-refractivity contribution is 8.00. The van der Waals surface area contributed by atoms with E-state index in [1.165, 1.54) is 11.8 Å². The monoisotopic (exact) mass is 510 g/mol. The molecule has 0 aromatic heterocycles. The predicted octanol–water partition coefficient (Wildman–Crippen LogP) is 6.21. The lowest BCUT2D eigenvalue weighted by Crippen LogP contribution is -2.15. The van der Waals surface area contributed by atoms with Crippen molar-refractivity contribution in [3.63, 3.8) is 0 Å². The Morgan fingerprint density at radius 3 is 2.31 bits per heavy atom. The maximum Gasteiger partial charge on any atom is 0.338 e. The molecule has 0 radical (unpaired) electrons. The van der Waals surface area contributed by atoms with Gasteiger partial charge >= 0.3 is 5.97 Å². The minimum atomic E-state index is -0.368. The third-order valence-corrected chi connectivity index (χ3v) is 6.15. The molecule has 0 saturated heterocycles. The zero-order chi connectivity index (χ0) is 25.0. The van der Waals surface area contributed by atoms with E-state index < -0.39 is 0 Å². The summed E-state index contributed by atoms with van der Waals surface area (Å²) >= 11 is 7.24. The summed E-state index contributed by atoms with van der Waals surface area (Å²) in [6, 6.07) is 21.1. The molecule has 3 rings (SSSR count). The number of halogens is 1. The molecule has 0 bridgehead atoms. The summed E-state index contributed by atoms with van der Waals surface area (Å²) in [5.41, 5.74) is 2.58. The molecule has 0 saturated carbocycles. The van der Waals surface area contributed by atoms with Crippen LogP contribution < -0.4 is 10.6 Å². The van der Waals surface area contributed by atoms with E-state index in [1.807, 2.05) is 37.3 Å². The van der Waals surface area contributed by atoms with E-state index in [-0.39, 0.29) is 30.0 Å². The van der Waals surface area contributed by atoms with Crippen LogP contribution in [-0.4, -0.2) is 30.1 Å². The molecular weight excluding hydrogens is 484 g/mol. The van der Waals surface area contributed by atoms with Crippen molar-refractivity contribution in [2.24, 2.45) is 0 Å². The molecule has 0 aliphatic rings. The number of rotatable bonds is 11. The highest BCUT2D eigenvalue weighted by atomic mass is 35.5. The van der Waals surface area contributed by atoms with Crippen LogP contribution in [0.1, 0.15) is 35.7 Å². The van der Waals surface area contributed by atoms with Crippen molar-refractivity contribution in [2.45, 2.75) is 31.1 Å². The van der Waals surface area contributed by atoms with Crippen LogP contribution >= 0.6 is 23.4 Å². The minimum absolute atomic E-state index is 0.134. The zero-order valence-corrected chi connectivity index (χ0v) is 21.0. The third-order valence-electron chi connectivity index (χ3n) is 4.90. The van der Waals surface area contributed by atoms with Gasteiger partial charge < -0.3 is 15.4 Å². The molecule has 35 heavy (non-hydrogen) atoms. The Morgan fingerprint density at radius 1 is 0.886 bits per heavy atom. The lowest BCUT2D eigenvalue weighted by molar-refractivity contribution is -0.115. The van der Waals surface area contributed by atoms with E-state index in [0.29, 0.717) is 28.6 Å². The molecule has 0 fully saturated rings. The second kappa shape index (κ2) is 13.6. The summed E-state index contributed by atoms with van der Waals surface area (Å²) in [6.07, 6.45) is 2.03. The van der Waals surface area contributed by atoms with Crippen molar-refractivity contribution < 1.29 is 19.1 Å². The van der Waals surface area contributed by atoms with Gasteiger partial charge in [0.15, 0.2) is 0 Å². The van der Waals surface area contributed by atoms with Crippen molar-refractivity contribution in [3.8, 4) is 0 Å². The number of amides is 2. The molecule has 0 aliphatic heterocycles. The van der Waals surface area contributed by atoms with Gasteiger partial charge in [-0.15, -0.1) is 11.8 Å². The molecule has 3 aromatic carbocycles. The fourth-order valence-corrected chi connectivity index (χ4v) is 3.97. The molecule has 0 aliphatic carbocycles. The molecule has 2 N–H and O–H groups in total. The fraction of sp³-hybridized carbons (Fsp3) is 0.222. The standard InChI is InChI=1S/C27H27ClN2O4S/c1-2-3-15-34-27(33)20-9-13-22(14-10-20)29-26(32)18-35-24-6-4-5-23(17-24)30-25(31)16-19-7-11-21(28)12-8-19/h4-14,17H,2-3,15-16,18H2,1H3,(H,29,32)(H,30,31). The highest BCUT2D eigenvalue weighted by Gasteiger charge is 2.09. The van der Waals surface area contributed by atoms with E-state index in [9.17, 15) is 14.4 Å². The molecular formula is C27H27ClN2O4S. The quantitative estimate of drug-likeness (QED) is 0.182. The number of benzene rings is 3. The summed E-state index contributed by atoms with van der Waals surface area (Å²) in [5.74, 6) is -0.481. The second-order valence-corrected chi connectivity index (χ2v) is 9.27. The van der Waals surface area contributed by atoms with Crippen molar-refractivity contribution in [2.75, 3.05) is 23.0 Å². The first-order chi connectivity index (χ1) is 16.9. The Labute approximate surface area is 214 Å². The first-order valence-corrected chi connectivity index (χ1v) is 12.6. The number of carbonyl (C=O) groups excluding carboxylic acids is 3. The highest BCUT2D eigenvalue weighted by Crippen LogP contribution is 2.22. The number of nitrogens with one attached hydrogen (secondary N) is 2. The topological polar surface area (TPSA) is 84.5 Å². The maximum absolute atomic E-state index is 12.4. The van der Waals surface area contributed by atoms with Gasteiger partial charge in [-0.2, -0.15) is 0 Å². The fourth-order valence-electron chi connectivity index (χ4n) is 3.08. The largest absolute Gasteiger partial charge is 0.462 e. The number of esters is 1. The molecule has 0 heterocycles. The van der Waals surface area contributed by atoms with Crippen molar-refractivity contribution in [1.82, 2.24) is 0 Å². The molecule has 6 nitrogen and oxygen atoms in total. The molecule has 0 atom stereocenters. The van der Waals surface area contributed by atoms with Crippen LogP contribution in [0.25, 0.3) is 0 Å². The summed E-state index contributed by atoms with van der Waals surface area (Å²) in [4.78, 5) is 37.5. The zero-order valence-electron chi connectivity index (χ0n) is 19.4. The predicted molar refractivity (Wildman–Crippen MR) is 141 cm³/mol. The Kier molecular flexibility index (Phi) is 10.2. The average Bonchev–Trinajstić information content (AvgIpc) is 2.85. The van der Waals surface area contributed by atoms with Gasteiger partial charge in [-0.05, 0) is 66.6 Å². The van der Waals surface area contributed by atoms with Crippen LogP contribution in [0, 0.1) is 0 Å². The Bertz CT molecular complexity index is 1150. The van der Waals surface area contributed by atoms with Crippen molar-refractivity contribution in [3.05, 3.63) is 88.9 Å². The Balaban J connectivity index is 1.46. The van der Waals surface area contributed by atoms with Gasteiger partial charge in [0.2, 0.25) is 11.8 Å². The van der Waals surface area contributed by atoms with Gasteiger partial charge in [0.25, 0.3) is 0 Å². The second-order valence-electron chi connectivity index (χ2n) is 7.78. The van der Waals surface area contributed by atoms with Gasteiger partial charge in [-0.1, -0.05) is 43.1 Å². The summed E-state index contributed by atoms with van der Waals surface area (Å²) in [6.45, 7) is 2.43. The molecule has 0 spiro atoms. The van der Waals surface area contributed by atoms with Crippen molar-refractivity contribution in [1.29, 1.82) is 0 Å². The van der Waals surface area contributed by atoms with Crippen LogP contribution in [-0.2, 0) is 20.7 Å². The van der Waals surface area contributed by atoms with E-state index in [2.05, 4.69) is 10.6 Å². The summed E-state index contributed by atoms with van der Waals surface area (Å²) in [5, 5.41) is 6.32. The molecule has 8 heteroatoms. The normalized spacial score (nSPS) is 10.5. The number of unbranched alkanes of at least 4 members (excludes halogenated alkanes) is 1. The van der Waals surface area contributed by atoms with Crippen LogP contribution in [0.2, 0.25) is 5.02 Å². The van der Waals surface area contributed by atoms with E-state index >= 15 is 0 Å². The number of thioether (sulfide) groups is 1. The van der Waals surface area contributed by atoms with Crippen LogP contribution in [0.5, 0.6) is 0 Å². The van der Waals surface area contributed by atoms with Crippen LogP contribution in [0.3, 0.4) is 0 Å². The maximum atomic E-state index is 12.4. The number of carbonyl (C=O) groups is 3. The first kappa shape index (κ1) is 26.3. The average molecular weight is 511 g/mol. The molecule has 182 valence electrons. The lowest BCUT2D eigenvalue weighted by Gasteiger charge is -2.09. The molecule has 0 unspecified atom stereocenters. The van der Waals surface area contributed by atoms with Gasteiger partial charge in [0.05, 0.1) is 24.3 Å². The van der Waals surface area contributed by atoms with Crippen LogP contribution in [0.4, 0.5) is 11.4 Å². The Morgan fingerprint density at radius 2 is 1.60 bits per heavy atom. The van der Waals surface area contributed by atoms with Crippen molar-refractivity contribution >= 4 is 52.5 Å². The van der Waals surface area contributed by atoms with Gasteiger partial charge in [0, 0.05) is 21.3 Å². The number of hydrogen-bond donors (Lipinski definition) is 2. The third kappa shape index (κ3) is 9.11. The minimum Gasteiger partial charge on any atom is -0.462 e. The van der Waals surface area contributed by atoms with Gasteiger partial charge in [0.1, 0.15) is 0 Å². The lowest BCUT2D eigenvalue weighted by atomic mass is 10.1. The number of anilines is 2. The SMILES string of the molecule is CCCCOC(=O)c1ccc(NC(=O)CSc2cccc(NC(=O)Cc3ccc(Cl)cc3)c2)cc1. The molecule has 2 amide bonds. The molecule has 3 aromatic rings. The number of hydrogen-bond acceptors (Lipinski definition) is 5. The summed E-state index contributed by atoms with van der Waals surface area (Å²) in [7, 11) is 0.